The van der Waals surface area contributed by atoms with Gasteiger partial charge in [-0.15, -0.1) is 0 Å². The second-order valence-corrected chi connectivity index (χ2v) is 6.20. The predicted molar refractivity (Wildman–Crippen MR) is 81.1 cm³/mol. The molecule has 0 saturated carbocycles. The molecule has 0 spiro atoms. The van der Waals surface area contributed by atoms with Crippen molar-refractivity contribution in [3.8, 4) is 0 Å². The smallest absolute Gasteiger partial charge is 0.435 e. The highest BCUT2D eigenvalue weighted by Gasteiger charge is 2.32. The van der Waals surface area contributed by atoms with E-state index in [9.17, 15) is 9.59 Å². The van der Waals surface area contributed by atoms with Gasteiger partial charge in [-0.25, -0.2) is 4.79 Å². The van der Waals surface area contributed by atoms with Crippen LogP contribution in [0.2, 0.25) is 0 Å². The number of hydrogen-bond acceptors (Lipinski definition) is 4. The van der Waals surface area contributed by atoms with Crippen molar-refractivity contribution in [2.45, 2.75) is 40.3 Å². The molecule has 0 fully saturated rings. The zero-order chi connectivity index (χ0) is 14.9. The Labute approximate surface area is 131 Å². The van der Waals surface area contributed by atoms with E-state index in [1.165, 1.54) is 4.68 Å². The van der Waals surface area contributed by atoms with Crippen LogP contribution in [0.5, 0.6) is 0 Å². The lowest BCUT2D eigenvalue weighted by atomic mass is 10.1. The van der Waals surface area contributed by atoms with Crippen molar-refractivity contribution >= 4 is 34.6 Å². The first-order valence-corrected chi connectivity index (χ1v) is 7.73. The number of carbonyl (C=O) groups excluding carboxylic acids is 2. The number of ether oxygens (including phenoxy) is 1. The third-order valence-corrected chi connectivity index (χ3v) is 3.97. The fourth-order valence-corrected chi connectivity index (χ4v) is 2.89. The fourth-order valence-electron chi connectivity index (χ4n) is 2.19. The first kappa shape index (κ1) is 15.3. The molecule has 0 aliphatic carbocycles. The lowest BCUT2D eigenvalue weighted by molar-refractivity contribution is -0.132. The SMILES string of the molecule is CCOC(=O)n1nc(I)c2c1CN(C(=O)CC(C)C)C2. The van der Waals surface area contributed by atoms with Crippen LogP contribution in [-0.4, -0.2) is 33.3 Å². The van der Waals surface area contributed by atoms with E-state index < -0.39 is 6.09 Å². The van der Waals surface area contributed by atoms with Gasteiger partial charge in [-0.2, -0.15) is 9.78 Å². The van der Waals surface area contributed by atoms with Crippen LogP contribution in [0.25, 0.3) is 0 Å². The van der Waals surface area contributed by atoms with Crippen LogP contribution in [0.4, 0.5) is 4.79 Å². The van der Waals surface area contributed by atoms with Crippen LogP contribution in [0.3, 0.4) is 0 Å². The molecular weight excluding hydrogens is 373 g/mol. The molecule has 1 aromatic heterocycles. The molecule has 1 amide bonds. The number of carbonyl (C=O) groups is 2. The highest BCUT2D eigenvalue weighted by Crippen LogP contribution is 2.28. The standard InChI is InChI=1S/C13H18IN3O3/c1-4-20-13(19)17-10-7-16(11(18)5-8(2)3)6-9(10)12(14)15-17/h8H,4-7H2,1-3H3. The Kier molecular flexibility index (Phi) is 4.66. The molecular formula is C13H18IN3O3. The minimum absolute atomic E-state index is 0.113. The van der Waals surface area contributed by atoms with Crippen molar-refractivity contribution in [2.75, 3.05) is 6.61 Å². The van der Waals surface area contributed by atoms with Gasteiger partial charge in [-0.3, -0.25) is 4.79 Å². The Morgan fingerprint density at radius 3 is 2.70 bits per heavy atom. The van der Waals surface area contributed by atoms with E-state index in [4.69, 9.17) is 4.74 Å². The summed E-state index contributed by atoms with van der Waals surface area (Å²) in [6, 6.07) is 0. The zero-order valence-corrected chi connectivity index (χ0v) is 14.0. The van der Waals surface area contributed by atoms with Gasteiger partial charge >= 0.3 is 6.09 Å². The number of nitrogens with zero attached hydrogens (tertiary/aromatic N) is 3. The zero-order valence-electron chi connectivity index (χ0n) is 11.9. The van der Waals surface area contributed by atoms with Gasteiger partial charge in [0.2, 0.25) is 5.91 Å². The topological polar surface area (TPSA) is 64.4 Å². The Morgan fingerprint density at radius 2 is 2.10 bits per heavy atom. The molecule has 0 radical (unpaired) electrons. The van der Waals surface area contributed by atoms with Gasteiger partial charge in [-0.05, 0) is 35.4 Å². The van der Waals surface area contributed by atoms with Crippen molar-refractivity contribution in [3.63, 3.8) is 0 Å². The first-order chi connectivity index (χ1) is 9.43. The van der Waals surface area contributed by atoms with Crippen LogP contribution < -0.4 is 0 Å². The monoisotopic (exact) mass is 391 g/mol. The second kappa shape index (κ2) is 6.11. The molecule has 20 heavy (non-hydrogen) atoms. The number of fused-ring (bicyclic) bond motifs is 1. The molecule has 0 bridgehead atoms. The van der Waals surface area contributed by atoms with E-state index in [0.29, 0.717) is 32.0 Å². The molecule has 1 aromatic rings. The molecule has 1 aliphatic heterocycles. The molecule has 2 heterocycles. The largest absolute Gasteiger partial charge is 0.448 e. The minimum atomic E-state index is -0.482. The number of hydrogen-bond donors (Lipinski definition) is 0. The number of halogens is 1. The van der Waals surface area contributed by atoms with E-state index in [0.717, 1.165) is 15.0 Å². The summed E-state index contributed by atoms with van der Waals surface area (Å²) in [7, 11) is 0. The molecule has 2 rings (SSSR count). The molecule has 0 saturated heterocycles. The van der Waals surface area contributed by atoms with Crippen molar-refractivity contribution < 1.29 is 14.3 Å². The third kappa shape index (κ3) is 2.97. The number of rotatable bonds is 3. The Balaban J connectivity index is 2.18. The quantitative estimate of drug-likeness (QED) is 0.743. The molecule has 6 nitrogen and oxygen atoms in total. The van der Waals surface area contributed by atoms with Crippen molar-refractivity contribution in [3.05, 3.63) is 15.0 Å². The van der Waals surface area contributed by atoms with E-state index in [2.05, 4.69) is 27.7 Å². The maximum atomic E-state index is 12.1. The highest BCUT2D eigenvalue weighted by molar-refractivity contribution is 14.1. The maximum absolute atomic E-state index is 12.1. The molecule has 110 valence electrons. The van der Waals surface area contributed by atoms with Gasteiger partial charge in [0, 0.05) is 12.0 Å². The van der Waals surface area contributed by atoms with E-state index in [1.807, 2.05) is 13.8 Å². The summed E-state index contributed by atoms with van der Waals surface area (Å²) in [5.74, 6) is 0.439. The van der Waals surface area contributed by atoms with E-state index in [-0.39, 0.29) is 5.91 Å². The van der Waals surface area contributed by atoms with Gasteiger partial charge in [-0.1, -0.05) is 13.8 Å². The summed E-state index contributed by atoms with van der Waals surface area (Å²) in [4.78, 5) is 25.7. The lowest BCUT2D eigenvalue weighted by Crippen LogP contribution is -2.28. The molecule has 1 aliphatic rings. The molecule has 7 heteroatoms. The predicted octanol–water partition coefficient (Wildman–Crippen LogP) is 2.38. The summed E-state index contributed by atoms with van der Waals surface area (Å²) < 4.78 is 7.02. The van der Waals surface area contributed by atoms with Gasteiger partial charge in [0.25, 0.3) is 0 Å². The Bertz CT molecular complexity index is 539. The van der Waals surface area contributed by atoms with Gasteiger partial charge in [0.05, 0.1) is 25.4 Å². The molecule has 0 unspecified atom stereocenters. The van der Waals surface area contributed by atoms with Crippen molar-refractivity contribution in [1.29, 1.82) is 0 Å². The Hall–Kier alpha value is -1.12. The molecule has 0 atom stereocenters. The van der Waals surface area contributed by atoms with Crippen LogP contribution in [0.15, 0.2) is 0 Å². The average molecular weight is 391 g/mol. The van der Waals surface area contributed by atoms with Gasteiger partial charge in [0.15, 0.2) is 0 Å². The third-order valence-electron chi connectivity index (χ3n) is 3.11. The van der Waals surface area contributed by atoms with Crippen molar-refractivity contribution in [2.24, 2.45) is 5.92 Å². The molecule has 0 N–H and O–H groups in total. The molecule has 0 aromatic carbocycles. The average Bonchev–Trinajstić information content (AvgIpc) is 2.90. The summed E-state index contributed by atoms with van der Waals surface area (Å²) in [5.41, 5.74) is 1.72. The van der Waals surface area contributed by atoms with Crippen LogP contribution in [-0.2, 0) is 22.6 Å². The Morgan fingerprint density at radius 1 is 1.40 bits per heavy atom. The van der Waals surface area contributed by atoms with E-state index >= 15 is 0 Å². The summed E-state index contributed by atoms with van der Waals surface area (Å²) in [6.45, 7) is 7.05. The van der Waals surface area contributed by atoms with Crippen LogP contribution in [0.1, 0.15) is 38.4 Å². The van der Waals surface area contributed by atoms with Gasteiger partial charge < -0.3 is 9.64 Å². The van der Waals surface area contributed by atoms with E-state index in [1.54, 1.807) is 11.8 Å². The normalized spacial score (nSPS) is 13.8. The van der Waals surface area contributed by atoms with Gasteiger partial charge in [0.1, 0.15) is 3.70 Å². The second-order valence-electron chi connectivity index (χ2n) is 5.17. The summed E-state index contributed by atoms with van der Waals surface area (Å²) >= 11 is 2.09. The highest BCUT2D eigenvalue weighted by atomic mass is 127. The minimum Gasteiger partial charge on any atom is -0.448 e. The number of amides is 1. The van der Waals surface area contributed by atoms with Crippen LogP contribution >= 0.6 is 22.6 Å². The van der Waals surface area contributed by atoms with Crippen molar-refractivity contribution in [1.82, 2.24) is 14.7 Å². The summed E-state index contributed by atoms with van der Waals surface area (Å²) in [5, 5.41) is 4.20. The maximum Gasteiger partial charge on any atom is 0.435 e. The fraction of sp³-hybridized carbons (Fsp3) is 0.615. The first-order valence-electron chi connectivity index (χ1n) is 6.65. The lowest BCUT2D eigenvalue weighted by Gasteiger charge is -2.17. The number of aromatic nitrogens is 2. The summed E-state index contributed by atoms with van der Waals surface area (Å²) in [6.07, 6.45) is 0.0399. The van der Waals surface area contributed by atoms with Crippen LogP contribution in [0, 0.1) is 9.62 Å².